The molecule has 0 aliphatic heterocycles. The molecular formula is C22H26N2O5S. The number of fused-ring (bicyclic) bond motifs is 1. The smallest absolute Gasteiger partial charge is 0.339 e. The monoisotopic (exact) mass is 430 g/mol. The van der Waals surface area contributed by atoms with E-state index >= 15 is 0 Å². The van der Waals surface area contributed by atoms with Gasteiger partial charge in [-0.1, -0.05) is 13.0 Å². The van der Waals surface area contributed by atoms with Gasteiger partial charge in [-0.25, -0.2) is 4.79 Å². The highest BCUT2D eigenvalue weighted by atomic mass is 32.1. The largest absolute Gasteiger partial charge is 0.497 e. The Kier molecular flexibility index (Phi) is 7.10. The number of anilines is 1. The Morgan fingerprint density at radius 2 is 2.10 bits per heavy atom. The van der Waals surface area contributed by atoms with Gasteiger partial charge in [-0.15, -0.1) is 11.3 Å². The second-order valence-electron chi connectivity index (χ2n) is 7.51. The van der Waals surface area contributed by atoms with Gasteiger partial charge in [0.25, 0.3) is 5.91 Å². The van der Waals surface area contributed by atoms with Crippen LogP contribution < -0.4 is 10.1 Å². The lowest BCUT2D eigenvalue weighted by molar-refractivity contribution is -0.136. The second-order valence-corrected chi connectivity index (χ2v) is 8.47. The Bertz CT molecular complexity index is 939. The van der Waals surface area contributed by atoms with Crippen LogP contribution >= 0.6 is 11.3 Å². The van der Waals surface area contributed by atoms with Crippen LogP contribution in [0.3, 0.4) is 0 Å². The number of likely N-dealkylation sites (N-methyl/N-ethyl adjacent to an activating group) is 1. The molecule has 2 amide bonds. The number of carbonyl (C=O) groups is 3. The summed E-state index contributed by atoms with van der Waals surface area (Å²) < 4.78 is 10.3. The number of hydrogen-bond acceptors (Lipinski definition) is 6. The number of rotatable bonds is 7. The molecule has 2 aromatic rings. The molecule has 1 unspecified atom stereocenters. The van der Waals surface area contributed by atoms with Crippen LogP contribution in [0.1, 0.15) is 34.1 Å². The molecule has 1 aromatic heterocycles. The lowest BCUT2D eigenvalue weighted by Crippen LogP contribution is -2.37. The fourth-order valence-electron chi connectivity index (χ4n) is 3.37. The van der Waals surface area contributed by atoms with Crippen molar-refractivity contribution in [2.24, 2.45) is 5.92 Å². The van der Waals surface area contributed by atoms with E-state index in [1.54, 1.807) is 42.7 Å². The first-order chi connectivity index (χ1) is 14.4. The van der Waals surface area contributed by atoms with Gasteiger partial charge in [0, 0.05) is 29.1 Å². The normalized spacial score (nSPS) is 15.1. The van der Waals surface area contributed by atoms with Crippen molar-refractivity contribution in [3.05, 3.63) is 45.6 Å². The highest BCUT2D eigenvalue weighted by Crippen LogP contribution is 2.33. The summed E-state index contributed by atoms with van der Waals surface area (Å²) in [4.78, 5) is 39.4. The lowest BCUT2D eigenvalue weighted by atomic mass is 9.88. The Balaban J connectivity index is 1.48. The maximum absolute atomic E-state index is 12.4. The minimum atomic E-state index is -0.482. The molecule has 1 N–H and O–H groups in total. The first-order valence-corrected chi connectivity index (χ1v) is 10.7. The van der Waals surface area contributed by atoms with Crippen molar-refractivity contribution in [3.8, 4) is 5.75 Å². The van der Waals surface area contributed by atoms with Crippen molar-refractivity contribution in [1.82, 2.24) is 4.90 Å². The van der Waals surface area contributed by atoms with Gasteiger partial charge < -0.3 is 19.7 Å². The van der Waals surface area contributed by atoms with Crippen molar-refractivity contribution in [2.75, 3.05) is 32.6 Å². The predicted octanol–water partition coefficient (Wildman–Crippen LogP) is 3.14. The molecule has 0 radical (unpaired) electrons. The maximum atomic E-state index is 12.4. The van der Waals surface area contributed by atoms with Crippen molar-refractivity contribution < 1.29 is 23.9 Å². The number of carbonyl (C=O) groups excluding carboxylic acids is 3. The SMILES string of the molecule is COc1cccc(NC(=O)CN(C)C(=O)COC(=O)c2csc3c2CCC(C)C3)c1. The summed E-state index contributed by atoms with van der Waals surface area (Å²) in [5.41, 5.74) is 2.19. The van der Waals surface area contributed by atoms with Gasteiger partial charge in [0.15, 0.2) is 6.61 Å². The summed E-state index contributed by atoms with van der Waals surface area (Å²) in [5.74, 6) is -0.0365. The zero-order valence-electron chi connectivity index (χ0n) is 17.4. The first-order valence-electron chi connectivity index (χ1n) is 9.81. The van der Waals surface area contributed by atoms with Crippen LogP contribution in [-0.2, 0) is 27.2 Å². The maximum Gasteiger partial charge on any atom is 0.339 e. The van der Waals surface area contributed by atoms with Gasteiger partial charge in [0.1, 0.15) is 5.75 Å². The molecule has 1 aliphatic rings. The number of hydrogen-bond donors (Lipinski definition) is 1. The molecule has 0 saturated heterocycles. The summed E-state index contributed by atoms with van der Waals surface area (Å²) in [6.07, 6.45) is 2.90. The standard InChI is InChI=1S/C22H26N2O5S/c1-14-7-8-17-18(13-30-19(17)9-14)22(27)29-12-21(26)24(2)11-20(25)23-15-5-4-6-16(10-15)28-3/h4-6,10,13-14H,7-9,11-12H2,1-3H3,(H,23,25). The molecule has 0 fully saturated rings. The fraction of sp³-hybridized carbons (Fsp3) is 0.409. The van der Waals surface area contributed by atoms with Gasteiger partial charge in [0.05, 0.1) is 19.2 Å². The molecule has 0 spiro atoms. The number of ether oxygens (including phenoxy) is 2. The second kappa shape index (κ2) is 9.75. The number of esters is 1. The zero-order chi connectivity index (χ0) is 21.7. The molecule has 30 heavy (non-hydrogen) atoms. The Morgan fingerprint density at radius 3 is 2.87 bits per heavy atom. The molecule has 0 bridgehead atoms. The van der Waals surface area contributed by atoms with E-state index in [9.17, 15) is 14.4 Å². The molecule has 7 nitrogen and oxygen atoms in total. The van der Waals surface area contributed by atoms with Crippen LogP contribution in [0, 0.1) is 5.92 Å². The van der Waals surface area contributed by atoms with Crippen LogP contribution in [0.4, 0.5) is 5.69 Å². The molecule has 1 aliphatic carbocycles. The summed E-state index contributed by atoms with van der Waals surface area (Å²) in [6.45, 7) is 1.65. The molecular weight excluding hydrogens is 404 g/mol. The third-order valence-electron chi connectivity index (χ3n) is 5.11. The first kappa shape index (κ1) is 21.8. The van der Waals surface area contributed by atoms with Gasteiger partial charge >= 0.3 is 5.97 Å². The van der Waals surface area contributed by atoms with Crippen molar-refractivity contribution in [2.45, 2.75) is 26.2 Å². The Labute approximate surface area is 180 Å². The van der Waals surface area contributed by atoms with Crippen molar-refractivity contribution >= 4 is 34.8 Å². The molecule has 160 valence electrons. The van der Waals surface area contributed by atoms with Gasteiger partial charge in [-0.2, -0.15) is 0 Å². The van der Waals surface area contributed by atoms with Gasteiger partial charge in [-0.3, -0.25) is 9.59 Å². The fourth-order valence-corrected chi connectivity index (χ4v) is 4.60. The zero-order valence-corrected chi connectivity index (χ0v) is 18.2. The highest BCUT2D eigenvalue weighted by molar-refractivity contribution is 7.10. The lowest BCUT2D eigenvalue weighted by Gasteiger charge is -2.19. The van der Waals surface area contributed by atoms with Crippen LogP contribution in [0.2, 0.25) is 0 Å². The van der Waals surface area contributed by atoms with E-state index in [0.29, 0.717) is 22.9 Å². The quantitative estimate of drug-likeness (QED) is 0.682. The summed E-state index contributed by atoms with van der Waals surface area (Å²) in [6, 6.07) is 6.94. The van der Waals surface area contributed by atoms with E-state index in [0.717, 1.165) is 24.8 Å². The average Bonchev–Trinajstić information content (AvgIpc) is 3.14. The summed E-state index contributed by atoms with van der Waals surface area (Å²) in [5, 5.41) is 4.53. The van der Waals surface area contributed by atoms with Crippen molar-refractivity contribution in [3.63, 3.8) is 0 Å². The van der Waals surface area contributed by atoms with Crippen molar-refractivity contribution in [1.29, 1.82) is 0 Å². The number of nitrogens with zero attached hydrogens (tertiary/aromatic N) is 1. The minimum absolute atomic E-state index is 0.153. The van der Waals surface area contributed by atoms with E-state index in [1.165, 1.54) is 16.8 Å². The van der Waals surface area contributed by atoms with Gasteiger partial charge in [-0.05, 0) is 42.9 Å². The Hall–Kier alpha value is -2.87. The molecule has 1 atom stereocenters. The molecule has 8 heteroatoms. The van der Waals surface area contributed by atoms with E-state index in [4.69, 9.17) is 9.47 Å². The van der Waals surface area contributed by atoms with E-state index in [2.05, 4.69) is 12.2 Å². The number of amides is 2. The van der Waals surface area contributed by atoms with Crippen LogP contribution in [0.25, 0.3) is 0 Å². The number of thiophene rings is 1. The third kappa shape index (κ3) is 5.38. The third-order valence-corrected chi connectivity index (χ3v) is 6.16. The summed E-state index contributed by atoms with van der Waals surface area (Å²) >= 11 is 1.58. The molecule has 1 heterocycles. The molecule has 3 rings (SSSR count). The van der Waals surface area contributed by atoms with Crippen LogP contribution in [-0.4, -0.2) is 50.0 Å². The minimum Gasteiger partial charge on any atom is -0.497 e. The highest BCUT2D eigenvalue weighted by Gasteiger charge is 2.25. The predicted molar refractivity (Wildman–Crippen MR) is 115 cm³/mol. The molecule has 1 aromatic carbocycles. The summed E-state index contributed by atoms with van der Waals surface area (Å²) in [7, 11) is 3.04. The topological polar surface area (TPSA) is 84.9 Å². The number of nitrogens with one attached hydrogen (secondary N) is 1. The van der Waals surface area contributed by atoms with Gasteiger partial charge in [0.2, 0.25) is 5.91 Å². The van der Waals surface area contributed by atoms with Crippen LogP contribution in [0.5, 0.6) is 5.75 Å². The Morgan fingerprint density at radius 1 is 1.30 bits per heavy atom. The van der Waals surface area contributed by atoms with Crippen LogP contribution in [0.15, 0.2) is 29.6 Å². The van der Waals surface area contributed by atoms with E-state index in [1.807, 2.05) is 5.38 Å². The number of methoxy groups -OCH3 is 1. The number of benzene rings is 1. The molecule has 0 saturated carbocycles. The average molecular weight is 431 g/mol. The van der Waals surface area contributed by atoms with E-state index in [-0.39, 0.29) is 12.5 Å². The van der Waals surface area contributed by atoms with E-state index < -0.39 is 18.5 Å².